The summed E-state index contributed by atoms with van der Waals surface area (Å²) in [5, 5.41) is 11.6. The lowest BCUT2D eigenvalue weighted by Gasteiger charge is -2.49. The molecule has 4 amide bonds. The van der Waals surface area contributed by atoms with Crippen molar-refractivity contribution in [3.05, 3.63) is 99.5 Å². The molecule has 7 rings (SSSR count). The van der Waals surface area contributed by atoms with E-state index in [-0.39, 0.29) is 35.8 Å². The van der Waals surface area contributed by atoms with Gasteiger partial charge in [-0.1, -0.05) is 57.4 Å². The zero-order valence-corrected chi connectivity index (χ0v) is 24.9. The third-order valence-electron chi connectivity index (χ3n) is 9.67. The summed E-state index contributed by atoms with van der Waals surface area (Å²) in [6, 6.07) is 20.5. The molecule has 0 radical (unpaired) electrons. The number of allylic oxidation sites excluding steroid dienone is 2. The number of nitrogens with zero attached hydrogens (tertiary/aromatic N) is 2. The maximum atomic E-state index is 14.4. The number of imide groups is 2. The van der Waals surface area contributed by atoms with Crippen LogP contribution in [0.4, 0.5) is 11.4 Å². The van der Waals surface area contributed by atoms with Crippen LogP contribution in [-0.2, 0) is 19.2 Å². The summed E-state index contributed by atoms with van der Waals surface area (Å²) < 4.78 is 0.713. The molecule has 0 aromatic heterocycles. The molecule has 2 aliphatic heterocycles. The highest BCUT2D eigenvalue weighted by Crippen LogP contribution is 2.64. The molecular formula is C33H26BrClN2O5. The second kappa shape index (κ2) is 9.64. The fourth-order valence-electron chi connectivity index (χ4n) is 7.78. The van der Waals surface area contributed by atoms with Crippen LogP contribution in [0.2, 0.25) is 5.02 Å². The number of hydrogen-bond donors (Lipinski definition) is 1. The lowest BCUT2D eigenvalue weighted by atomic mass is 9.51. The quantitative estimate of drug-likeness (QED) is 0.269. The van der Waals surface area contributed by atoms with Crippen LogP contribution in [0, 0.1) is 29.1 Å². The Hall–Kier alpha value is -3.75. The average Bonchev–Trinajstić information content (AvgIpc) is 3.35. The topological polar surface area (TPSA) is 95.0 Å². The summed E-state index contributed by atoms with van der Waals surface area (Å²) in [6.45, 7) is 1.80. The van der Waals surface area contributed by atoms with E-state index in [9.17, 15) is 24.3 Å². The van der Waals surface area contributed by atoms with Gasteiger partial charge in [-0.2, -0.15) is 0 Å². The second-order valence-electron chi connectivity index (χ2n) is 11.7. The minimum atomic E-state index is -1.22. The molecule has 42 heavy (non-hydrogen) atoms. The number of para-hydroxylation sites is 1. The van der Waals surface area contributed by atoms with Crippen LogP contribution in [0.5, 0.6) is 5.75 Å². The van der Waals surface area contributed by atoms with E-state index < -0.39 is 35.0 Å². The Morgan fingerprint density at radius 3 is 2.26 bits per heavy atom. The normalized spacial score (nSPS) is 30.3. The number of carbonyl (C=O) groups is 4. The van der Waals surface area contributed by atoms with Gasteiger partial charge in [0.1, 0.15) is 5.75 Å². The van der Waals surface area contributed by atoms with Crippen molar-refractivity contribution >= 4 is 62.5 Å². The van der Waals surface area contributed by atoms with Gasteiger partial charge in [-0.05, 0) is 80.3 Å². The Labute approximate surface area is 255 Å². The number of fused-ring (bicyclic) bond motifs is 4. The van der Waals surface area contributed by atoms with Crippen molar-refractivity contribution in [3.63, 3.8) is 0 Å². The van der Waals surface area contributed by atoms with Gasteiger partial charge in [0.15, 0.2) is 0 Å². The molecule has 3 fully saturated rings. The van der Waals surface area contributed by atoms with Crippen molar-refractivity contribution < 1.29 is 24.3 Å². The van der Waals surface area contributed by atoms with E-state index in [2.05, 4.69) is 15.9 Å². The smallest absolute Gasteiger partial charge is 0.241 e. The summed E-state index contributed by atoms with van der Waals surface area (Å²) in [5.41, 5.74) is 1.04. The number of halogens is 2. The highest BCUT2D eigenvalue weighted by Gasteiger charge is 2.68. The molecule has 2 saturated heterocycles. The minimum absolute atomic E-state index is 0.00174. The molecule has 7 nitrogen and oxygen atoms in total. The molecule has 0 bridgehead atoms. The van der Waals surface area contributed by atoms with Gasteiger partial charge in [-0.25, -0.2) is 4.90 Å². The number of hydrogen-bond acceptors (Lipinski definition) is 5. The largest absolute Gasteiger partial charge is 0.508 e. The van der Waals surface area contributed by atoms with E-state index in [0.717, 1.165) is 5.57 Å². The number of anilines is 2. The third kappa shape index (κ3) is 3.71. The molecule has 1 saturated carbocycles. The maximum Gasteiger partial charge on any atom is 0.241 e. The van der Waals surface area contributed by atoms with Crippen molar-refractivity contribution in [2.45, 2.75) is 25.7 Å². The average molecular weight is 646 g/mol. The van der Waals surface area contributed by atoms with E-state index in [1.807, 2.05) is 12.1 Å². The SMILES string of the molecule is CC12C(=O)N(c3ccccc3)C(=O)C1CC1C(=CCC3C(=O)N(c4ccc(Cl)cc4)C(=O)C31)C2c1cc(Br)ccc1O. The molecule has 2 aliphatic carbocycles. The Bertz CT molecular complexity index is 1710. The predicted octanol–water partition coefficient (Wildman–Crippen LogP) is 6.24. The Kier molecular flexibility index (Phi) is 6.22. The highest BCUT2D eigenvalue weighted by molar-refractivity contribution is 9.10. The standard InChI is InChI=1S/C33H26BrClN2O5/c1-33-25(30(40)37(32(33)42)19-5-3-2-4-6-19)16-23-21(28(33)24-15-17(34)7-14-26(24)38)12-13-22-27(23)31(41)36(29(22)39)20-10-8-18(35)9-11-20/h2-12,14-15,22-23,25,27-28,38H,13,16H2,1H3. The Balaban J connectivity index is 1.38. The summed E-state index contributed by atoms with van der Waals surface area (Å²) in [4.78, 5) is 58.8. The molecule has 6 atom stereocenters. The Morgan fingerprint density at radius 1 is 0.857 bits per heavy atom. The van der Waals surface area contributed by atoms with Crippen molar-refractivity contribution in [1.29, 1.82) is 0 Å². The van der Waals surface area contributed by atoms with E-state index in [1.54, 1.807) is 73.7 Å². The first-order valence-electron chi connectivity index (χ1n) is 13.9. The van der Waals surface area contributed by atoms with Crippen molar-refractivity contribution in [2.24, 2.45) is 29.1 Å². The first kappa shape index (κ1) is 27.1. The van der Waals surface area contributed by atoms with Crippen molar-refractivity contribution in [2.75, 3.05) is 9.80 Å². The molecule has 1 N–H and O–H groups in total. The van der Waals surface area contributed by atoms with E-state index in [4.69, 9.17) is 11.6 Å². The van der Waals surface area contributed by atoms with E-state index >= 15 is 0 Å². The van der Waals surface area contributed by atoms with Gasteiger partial charge in [0, 0.05) is 21.0 Å². The van der Waals surface area contributed by atoms with Crippen LogP contribution >= 0.6 is 27.5 Å². The van der Waals surface area contributed by atoms with E-state index in [0.29, 0.717) is 32.9 Å². The number of aromatic hydroxyl groups is 1. The summed E-state index contributed by atoms with van der Waals surface area (Å²) in [7, 11) is 0. The van der Waals surface area contributed by atoms with Gasteiger partial charge < -0.3 is 5.11 Å². The van der Waals surface area contributed by atoms with E-state index in [1.165, 1.54) is 9.80 Å². The second-order valence-corrected chi connectivity index (χ2v) is 13.0. The van der Waals surface area contributed by atoms with Gasteiger partial charge in [0.05, 0.1) is 34.5 Å². The van der Waals surface area contributed by atoms with Crippen LogP contribution in [0.25, 0.3) is 0 Å². The van der Waals surface area contributed by atoms with Crippen molar-refractivity contribution in [3.8, 4) is 5.75 Å². The molecule has 0 spiro atoms. The maximum absolute atomic E-state index is 14.4. The first-order chi connectivity index (χ1) is 20.1. The van der Waals surface area contributed by atoms with Crippen LogP contribution < -0.4 is 9.80 Å². The van der Waals surface area contributed by atoms with Gasteiger partial charge in [-0.15, -0.1) is 0 Å². The fraction of sp³-hybridized carbons (Fsp3) is 0.273. The van der Waals surface area contributed by atoms with Gasteiger partial charge in [0.25, 0.3) is 0 Å². The van der Waals surface area contributed by atoms with Crippen LogP contribution in [-0.4, -0.2) is 28.7 Å². The predicted molar refractivity (Wildman–Crippen MR) is 161 cm³/mol. The molecule has 9 heteroatoms. The zero-order valence-electron chi connectivity index (χ0n) is 22.5. The number of carbonyl (C=O) groups excluding carboxylic acids is 4. The lowest BCUT2D eigenvalue weighted by Crippen LogP contribution is -2.48. The first-order valence-corrected chi connectivity index (χ1v) is 15.0. The van der Waals surface area contributed by atoms with Gasteiger partial charge in [-0.3, -0.25) is 24.1 Å². The summed E-state index contributed by atoms with van der Waals surface area (Å²) >= 11 is 9.57. The molecule has 3 aromatic carbocycles. The van der Waals surface area contributed by atoms with Crippen LogP contribution in [0.15, 0.2) is 88.9 Å². The Morgan fingerprint density at radius 2 is 1.55 bits per heavy atom. The minimum Gasteiger partial charge on any atom is -0.508 e. The molecular weight excluding hydrogens is 620 g/mol. The lowest BCUT2D eigenvalue weighted by molar-refractivity contribution is -0.131. The van der Waals surface area contributed by atoms with Gasteiger partial charge in [0.2, 0.25) is 23.6 Å². The third-order valence-corrected chi connectivity index (χ3v) is 10.4. The molecule has 212 valence electrons. The highest BCUT2D eigenvalue weighted by atomic mass is 79.9. The van der Waals surface area contributed by atoms with Crippen LogP contribution in [0.1, 0.15) is 31.2 Å². The number of phenols is 1. The van der Waals surface area contributed by atoms with Gasteiger partial charge >= 0.3 is 0 Å². The number of benzene rings is 3. The molecule has 3 aromatic rings. The van der Waals surface area contributed by atoms with Crippen molar-refractivity contribution in [1.82, 2.24) is 0 Å². The number of amides is 4. The fourth-order valence-corrected chi connectivity index (χ4v) is 8.29. The number of rotatable bonds is 3. The number of phenolic OH excluding ortho intramolecular Hbond substituents is 1. The molecule has 6 unspecified atom stereocenters. The molecule has 2 heterocycles. The zero-order chi connectivity index (χ0) is 29.5. The molecule has 4 aliphatic rings. The summed E-state index contributed by atoms with van der Waals surface area (Å²) in [6.07, 6.45) is 2.54. The van der Waals surface area contributed by atoms with Crippen LogP contribution in [0.3, 0.4) is 0 Å². The monoisotopic (exact) mass is 644 g/mol. The summed E-state index contributed by atoms with van der Waals surface area (Å²) in [5.74, 6) is -4.46.